The van der Waals surface area contributed by atoms with Crippen LogP contribution in [-0.4, -0.2) is 31.9 Å². The SMILES string of the molecule is COc1ccc(N(C)C(CO)C(C)C)c(C)c1C. The molecule has 0 aliphatic rings. The van der Waals surface area contributed by atoms with Crippen molar-refractivity contribution in [3.63, 3.8) is 0 Å². The van der Waals surface area contributed by atoms with E-state index in [-0.39, 0.29) is 12.6 Å². The molecule has 0 spiro atoms. The highest BCUT2D eigenvalue weighted by molar-refractivity contribution is 5.60. The second kappa shape index (κ2) is 6.10. The van der Waals surface area contributed by atoms with Gasteiger partial charge in [-0.05, 0) is 43.0 Å². The van der Waals surface area contributed by atoms with Crippen LogP contribution in [0.1, 0.15) is 25.0 Å². The van der Waals surface area contributed by atoms with Crippen molar-refractivity contribution < 1.29 is 9.84 Å². The molecule has 1 atom stereocenters. The van der Waals surface area contributed by atoms with E-state index in [1.54, 1.807) is 7.11 Å². The van der Waals surface area contributed by atoms with Crippen molar-refractivity contribution in [2.75, 3.05) is 25.7 Å². The summed E-state index contributed by atoms with van der Waals surface area (Å²) in [4.78, 5) is 2.16. The van der Waals surface area contributed by atoms with Crippen molar-refractivity contribution in [2.45, 2.75) is 33.7 Å². The molecule has 0 radical (unpaired) electrons. The van der Waals surface area contributed by atoms with E-state index in [2.05, 4.69) is 38.7 Å². The Balaban J connectivity index is 3.13. The molecule has 0 saturated carbocycles. The summed E-state index contributed by atoms with van der Waals surface area (Å²) in [5.41, 5.74) is 3.51. The maximum atomic E-state index is 9.52. The van der Waals surface area contributed by atoms with Gasteiger partial charge in [0.25, 0.3) is 0 Å². The number of nitrogens with zero attached hydrogens (tertiary/aromatic N) is 1. The number of rotatable bonds is 5. The number of anilines is 1. The predicted molar refractivity (Wildman–Crippen MR) is 76.6 cm³/mol. The fraction of sp³-hybridized carbons (Fsp3) is 0.600. The second-order valence-electron chi connectivity index (χ2n) is 5.14. The molecule has 0 amide bonds. The Morgan fingerprint density at radius 1 is 1.22 bits per heavy atom. The Labute approximate surface area is 110 Å². The molecular weight excluding hydrogens is 226 g/mol. The average molecular weight is 251 g/mol. The molecule has 1 N–H and O–H groups in total. The summed E-state index contributed by atoms with van der Waals surface area (Å²) >= 11 is 0. The normalized spacial score (nSPS) is 12.7. The van der Waals surface area contributed by atoms with E-state index in [0.717, 1.165) is 17.0 Å². The monoisotopic (exact) mass is 251 g/mol. The summed E-state index contributed by atoms with van der Waals surface area (Å²) in [5, 5.41) is 9.52. The van der Waals surface area contributed by atoms with Gasteiger partial charge in [0.2, 0.25) is 0 Å². The van der Waals surface area contributed by atoms with Crippen LogP contribution < -0.4 is 9.64 Å². The number of aliphatic hydroxyl groups is 1. The fourth-order valence-corrected chi connectivity index (χ4v) is 2.34. The van der Waals surface area contributed by atoms with Gasteiger partial charge in [-0.2, -0.15) is 0 Å². The van der Waals surface area contributed by atoms with Gasteiger partial charge in [-0.1, -0.05) is 13.8 Å². The lowest BCUT2D eigenvalue weighted by atomic mass is 10.0. The van der Waals surface area contributed by atoms with Crippen molar-refractivity contribution in [1.82, 2.24) is 0 Å². The number of aliphatic hydroxyl groups excluding tert-OH is 1. The van der Waals surface area contributed by atoms with E-state index in [1.165, 1.54) is 5.56 Å². The van der Waals surface area contributed by atoms with Crippen molar-refractivity contribution in [2.24, 2.45) is 5.92 Å². The van der Waals surface area contributed by atoms with E-state index in [1.807, 2.05) is 13.1 Å². The van der Waals surface area contributed by atoms with E-state index in [9.17, 15) is 5.11 Å². The van der Waals surface area contributed by atoms with Gasteiger partial charge in [-0.25, -0.2) is 0 Å². The van der Waals surface area contributed by atoms with Crippen LogP contribution in [0.4, 0.5) is 5.69 Å². The first-order valence-electron chi connectivity index (χ1n) is 6.41. The third-order valence-electron chi connectivity index (χ3n) is 3.76. The van der Waals surface area contributed by atoms with E-state index >= 15 is 0 Å². The lowest BCUT2D eigenvalue weighted by Gasteiger charge is -2.33. The van der Waals surface area contributed by atoms with Crippen molar-refractivity contribution in [3.05, 3.63) is 23.3 Å². The number of ether oxygens (including phenoxy) is 1. The summed E-state index contributed by atoms with van der Waals surface area (Å²) in [5.74, 6) is 1.32. The highest BCUT2D eigenvalue weighted by atomic mass is 16.5. The van der Waals surface area contributed by atoms with Gasteiger partial charge in [0.05, 0.1) is 19.8 Å². The Bertz CT molecular complexity index is 402. The first-order chi connectivity index (χ1) is 8.43. The van der Waals surface area contributed by atoms with Crippen molar-refractivity contribution in [1.29, 1.82) is 0 Å². The largest absolute Gasteiger partial charge is 0.496 e. The summed E-state index contributed by atoms with van der Waals surface area (Å²) < 4.78 is 5.33. The molecule has 0 aliphatic carbocycles. The molecular formula is C15H25NO2. The van der Waals surface area contributed by atoms with Crippen LogP contribution in [0.3, 0.4) is 0 Å². The number of hydrogen-bond acceptors (Lipinski definition) is 3. The van der Waals surface area contributed by atoms with Crippen LogP contribution in [0.25, 0.3) is 0 Å². The maximum Gasteiger partial charge on any atom is 0.122 e. The van der Waals surface area contributed by atoms with Crippen molar-refractivity contribution in [3.8, 4) is 5.75 Å². The lowest BCUT2D eigenvalue weighted by molar-refractivity contribution is 0.234. The van der Waals surface area contributed by atoms with Crippen LogP contribution in [-0.2, 0) is 0 Å². The first-order valence-corrected chi connectivity index (χ1v) is 6.41. The molecule has 1 unspecified atom stereocenters. The van der Waals surface area contributed by atoms with Crippen LogP contribution in [0, 0.1) is 19.8 Å². The van der Waals surface area contributed by atoms with Gasteiger partial charge in [-0.3, -0.25) is 0 Å². The third-order valence-corrected chi connectivity index (χ3v) is 3.76. The zero-order valence-corrected chi connectivity index (χ0v) is 12.3. The topological polar surface area (TPSA) is 32.7 Å². The first kappa shape index (κ1) is 14.8. The number of methoxy groups -OCH3 is 1. The molecule has 0 aliphatic heterocycles. The minimum Gasteiger partial charge on any atom is -0.496 e. The molecule has 0 fully saturated rings. The van der Waals surface area contributed by atoms with E-state index < -0.39 is 0 Å². The zero-order chi connectivity index (χ0) is 13.9. The molecule has 1 rings (SSSR count). The van der Waals surface area contributed by atoms with Crippen LogP contribution in [0.5, 0.6) is 5.75 Å². The molecule has 18 heavy (non-hydrogen) atoms. The molecule has 0 bridgehead atoms. The van der Waals surface area contributed by atoms with Gasteiger partial charge < -0.3 is 14.7 Å². The van der Waals surface area contributed by atoms with Crippen LogP contribution in [0.15, 0.2) is 12.1 Å². The van der Waals surface area contributed by atoms with Gasteiger partial charge in [0.15, 0.2) is 0 Å². The smallest absolute Gasteiger partial charge is 0.122 e. The Morgan fingerprint density at radius 3 is 2.28 bits per heavy atom. The van der Waals surface area contributed by atoms with Crippen LogP contribution in [0.2, 0.25) is 0 Å². The number of hydrogen-bond donors (Lipinski definition) is 1. The third kappa shape index (κ3) is 2.78. The fourth-order valence-electron chi connectivity index (χ4n) is 2.34. The highest BCUT2D eigenvalue weighted by Gasteiger charge is 2.20. The van der Waals surface area contributed by atoms with Gasteiger partial charge in [0.1, 0.15) is 5.75 Å². The maximum absolute atomic E-state index is 9.52. The number of likely N-dealkylation sites (N-methyl/N-ethyl adjacent to an activating group) is 1. The molecule has 0 heterocycles. The van der Waals surface area contributed by atoms with Gasteiger partial charge in [0, 0.05) is 12.7 Å². The summed E-state index contributed by atoms with van der Waals surface area (Å²) in [6, 6.07) is 4.19. The van der Waals surface area contributed by atoms with Crippen LogP contribution >= 0.6 is 0 Å². The average Bonchev–Trinajstić information content (AvgIpc) is 2.32. The summed E-state index contributed by atoms with van der Waals surface area (Å²) in [7, 11) is 3.73. The van der Waals surface area contributed by atoms with E-state index in [0.29, 0.717) is 5.92 Å². The molecule has 0 aromatic heterocycles. The zero-order valence-electron chi connectivity index (χ0n) is 12.3. The Kier molecular flexibility index (Phi) is 5.03. The predicted octanol–water partition coefficient (Wildman–Crippen LogP) is 2.77. The minimum atomic E-state index is 0.136. The molecule has 102 valence electrons. The second-order valence-corrected chi connectivity index (χ2v) is 5.14. The Hall–Kier alpha value is -1.22. The summed E-state index contributed by atoms with van der Waals surface area (Å²) in [6.45, 7) is 8.58. The quantitative estimate of drug-likeness (QED) is 0.873. The Morgan fingerprint density at radius 2 is 1.83 bits per heavy atom. The van der Waals surface area contributed by atoms with Gasteiger partial charge in [-0.15, -0.1) is 0 Å². The molecule has 3 nitrogen and oxygen atoms in total. The van der Waals surface area contributed by atoms with Gasteiger partial charge >= 0.3 is 0 Å². The highest BCUT2D eigenvalue weighted by Crippen LogP contribution is 2.31. The van der Waals surface area contributed by atoms with Crippen molar-refractivity contribution >= 4 is 5.69 Å². The molecule has 3 heteroatoms. The van der Waals surface area contributed by atoms with E-state index in [4.69, 9.17) is 4.74 Å². The molecule has 1 aromatic rings. The number of benzene rings is 1. The minimum absolute atomic E-state index is 0.136. The summed E-state index contributed by atoms with van der Waals surface area (Å²) in [6.07, 6.45) is 0. The molecule has 1 aromatic carbocycles. The standard InChI is InChI=1S/C15H25NO2/c1-10(2)14(9-17)16(5)13-7-8-15(18-6)12(4)11(13)3/h7-8,10,14,17H,9H2,1-6H3. The molecule has 0 saturated heterocycles. The lowest BCUT2D eigenvalue weighted by Crippen LogP contribution is -2.39.